The van der Waals surface area contributed by atoms with Crippen LogP contribution in [0.5, 0.6) is 0 Å². The summed E-state index contributed by atoms with van der Waals surface area (Å²) in [6.07, 6.45) is 1.26. The molecule has 0 aromatic heterocycles. The Morgan fingerprint density at radius 1 is 1.35 bits per heavy atom. The van der Waals surface area contributed by atoms with Crippen LogP contribution in [0.15, 0.2) is 36.0 Å². The Kier molecular flexibility index (Phi) is 5.78. The van der Waals surface area contributed by atoms with Crippen molar-refractivity contribution in [3.8, 4) is 6.07 Å². The molecular weight excluding hydrogens is 260 g/mol. The van der Waals surface area contributed by atoms with Gasteiger partial charge in [0.25, 0.3) is 0 Å². The molecule has 0 bridgehead atoms. The molecule has 0 radical (unpaired) electrons. The minimum Gasteiger partial charge on any atom is -0.465 e. The van der Waals surface area contributed by atoms with Gasteiger partial charge in [-0.05, 0) is 31.2 Å². The highest BCUT2D eigenvalue weighted by Crippen LogP contribution is 2.11. The topological polar surface area (TPSA) is 88.4 Å². The number of carbonyl (C=O) groups excluding carboxylic acids is 2. The molecule has 1 rings (SSSR count). The van der Waals surface area contributed by atoms with Gasteiger partial charge in [0, 0.05) is 11.9 Å². The second-order valence-corrected chi connectivity index (χ2v) is 3.60. The smallest absolute Gasteiger partial charge is 0.350 e. The molecule has 1 aromatic carbocycles. The number of methoxy groups -OCH3 is 1. The number of hydrogen-bond donors (Lipinski definition) is 1. The summed E-state index contributed by atoms with van der Waals surface area (Å²) in [5, 5.41) is 11.6. The quantitative estimate of drug-likeness (QED) is 0.501. The number of benzene rings is 1. The zero-order chi connectivity index (χ0) is 15.0. The normalized spacial score (nSPS) is 10.3. The van der Waals surface area contributed by atoms with E-state index in [2.05, 4.69) is 10.1 Å². The first-order valence-corrected chi connectivity index (χ1v) is 5.84. The zero-order valence-electron chi connectivity index (χ0n) is 11.2. The summed E-state index contributed by atoms with van der Waals surface area (Å²) >= 11 is 0. The molecule has 1 N–H and O–H groups in total. The third-order valence-corrected chi connectivity index (χ3v) is 2.30. The lowest BCUT2D eigenvalue weighted by atomic mass is 10.2. The first-order valence-electron chi connectivity index (χ1n) is 5.84. The maximum absolute atomic E-state index is 11.4. The van der Waals surface area contributed by atoms with Crippen molar-refractivity contribution in [1.29, 1.82) is 5.26 Å². The van der Waals surface area contributed by atoms with Crippen LogP contribution in [-0.4, -0.2) is 25.7 Å². The Bertz CT molecular complexity index is 556. The summed E-state index contributed by atoms with van der Waals surface area (Å²) < 4.78 is 9.29. The van der Waals surface area contributed by atoms with E-state index in [1.807, 2.05) is 0 Å². The van der Waals surface area contributed by atoms with E-state index in [1.54, 1.807) is 37.3 Å². The summed E-state index contributed by atoms with van der Waals surface area (Å²) in [7, 11) is 1.30. The highest BCUT2D eigenvalue weighted by Gasteiger charge is 2.09. The second kappa shape index (κ2) is 7.59. The van der Waals surface area contributed by atoms with Gasteiger partial charge in [-0.1, -0.05) is 0 Å². The van der Waals surface area contributed by atoms with Crippen molar-refractivity contribution in [2.24, 2.45) is 0 Å². The van der Waals surface area contributed by atoms with Gasteiger partial charge in [0.2, 0.25) is 0 Å². The average Bonchev–Trinajstić information content (AvgIpc) is 2.48. The summed E-state index contributed by atoms with van der Waals surface area (Å²) in [6.45, 7) is 1.86. The molecule has 0 aliphatic heterocycles. The molecule has 0 heterocycles. The monoisotopic (exact) mass is 274 g/mol. The van der Waals surface area contributed by atoms with E-state index >= 15 is 0 Å². The Morgan fingerprint density at radius 3 is 2.50 bits per heavy atom. The third kappa shape index (κ3) is 4.14. The van der Waals surface area contributed by atoms with E-state index in [0.29, 0.717) is 11.3 Å². The molecule has 0 aliphatic rings. The van der Waals surface area contributed by atoms with Crippen molar-refractivity contribution >= 4 is 17.6 Å². The van der Waals surface area contributed by atoms with E-state index in [9.17, 15) is 9.59 Å². The van der Waals surface area contributed by atoms with Crippen LogP contribution in [0.2, 0.25) is 0 Å². The maximum atomic E-state index is 11.4. The van der Waals surface area contributed by atoms with E-state index < -0.39 is 11.9 Å². The van der Waals surface area contributed by atoms with Crippen molar-refractivity contribution in [3.63, 3.8) is 0 Å². The predicted octanol–water partition coefficient (Wildman–Crippen LogP) is 1.86. The molecule has 1 aromatic rings. The summed E-state index contributed by atoms with van der Waals surface area (Å²) in [6, 6.07) is 8.14. The van der Waals surface area contributed by atoms with Crippen LogP contribution in [0.4, 0.5) is 5.69 Å². The number of rotatable bonds is 5. The Morgan fingerprint density at radius 2 is 2.00 bits per heavy atom. The zero-order valence-corrected chi connectivity index (χ0v) is 11.2. The van der Waals surface area contributed by atoms with Crippen molar-refractivity contribution in [2.45, 2.75) is 6.92 Å². The van der Waals surface area contributed by atoms with Gasteiger partial charge in [-0.3, -0.25) is 0 Å². The number of carbonyl (C=O) groups is 2. The summed E-state index contributed by atoms with van der Waals surface area (Å²) in [5.41, 5.74) is 0.895. The van der Waals surface area contributed by atoms with Crippen LogP contribution in [0.1, 0.15) is 17.3 Å². The number of nitrogens with one attached hydrogen (secondary N) is 1. The van der Waals surface area contributed by atoms with Gasteiger partial charge in [-0.15, -0.1) is 0 Å². The van der Waals surface area contributed by atoms with Gasteiger partial charge in [0.05, 0.1) is 19.3 Å². The standard InChI is InChI=1S/C14H14N2O4/c1-3-20-14(18)11(8-15)9-16-12-6-4-10(5-7-12)13(17)19-2/h4-7,9,16H,3H2,1-2H3/b11-9+. The van der Waals surface area contributed by atoms with E-state index in [4.69, 9.17) is 10.00 Å². The number of esters is 2. The lowest BCUT2D eigenvalue weighted by molar-refractivity contribution is -0.138. The SMILES string of the molecule is CCOC(=O)/C(C#N)=C/Nc1ccc(C(=O)OC)cc1. The van der Waals surface area contributed by atoms with Gasteiger partial charge in [0.1, 0.15) is 6.07 Å². The first-order chi connectivity index (χ1) is 9.62. The Balaban J connectivity index is 2.76. The molecule has 0 saturated heterocycles. The number of nitriles is 1. The molecule has 6 nitrogen and oxygen atoms in total. The highest BCUT2D eigenvalue weighted by atomic mass is 16.5. The fourth-order valence-electron chi connectivity index (χ4n) is 1.32. The molecular formula is C14H14N2O4. The number of hydrogen-bond acceptors (Lipinski definition) is 6. The van der Waals surface area contributed by atoms with Crippen LogP contribution in [0.25, 0.3) is 0 Å². The van der Waals surface area contributed by atoms with Crippen LogP contribution in [0, 0.1) is 11.3 Å². The lowest BCUT2D eigenvalue weighted by Gasteiger charge is -2.04. The van der Waals surface area contributed by atoms with E-state index in [0.717, 1.165) is 0 Å². The molecule has 104 valence electrons. The van der Waals surface area contributed by atoms with Crippen LogP contribution in [-0.2, 0) is 14.3 Å². The Labute approximate surface area is 116 Å². The number of nitrogens with zero attached hydrogens (tertiary/aromatic N) is 1. The molecule has 0 fully saturated rings. The third-order valence-electron chi connectivity index (χ3n) is 2.30. The van der Waals surface area contributed by atoms with Gasteiger partial charge in [0.15, 0.2) is 5.57 Å². The molecule has 0 saturated carbocycles. The van der Waals surface area contributed by atoms with Crippen LogP contribution < -0.4 is 5.32 Å². The fraction of sp³-hybridized carbons (Fsp3) is 0.214. The van der Waals surface area contributed by atoms with Crippen molar-refractivity contribution < 1.29 is 19.1 Å². The highest BCUT2D eigenvalue weighted by molar-refractivity contribution is 5.93. The first kappa shape index (κ1) is 15.2. The van der Waals surface area contributed by atoms with Crippen molar-refractivity contribution in [3.05, 3.63) is 41.6 Å². The largest absolute Gasteiger partial charge is 0.465 e. The molecule has 0 spiro atoms. The molecule has 6 heteroatoms. The van der Waals surface area contributed by atoms with Crippen LogP contribution >= 0.6 is 0 Å². The number of anilines is 1. The van der Waals surface area contributed by atoms with Gasteiger partial charge >= 0.3 is 11.9 Å². The van der Waals surface area contributed by atoms with Gasteiger partial charge < -0.3 is 14.8 Å². The van der Waals surface area contributed by atoms with E-state index in [-0.39, 0.29) is 12.2 Å². The molecule has 0 aliphatic carbocycles. The van der Waals surface area contributed by atoms with Crippen LogP contribution in [0.3, 0.4) is 0 Å². The Hall–Kier alpha value is -2.81. The predicted molar refractivity (Wildman–Crippen MR) is 71.7 cm³/mol. The van der Waals surface area contributed by atoms with Crippen molar-refractivity contribution in [1.82, 2.24) is 0 Å². The van der Waals surface area contributed by atoms with E-state index in [1.165, 1.54) is 13.3 Å². The van der Waals surface area contributed by atoms with Crippen molar-refractivity contribution in [2.75, 3.05) is 19.0 Å². The fourth-order valence-corrected chi connectivity index (χ4v) is 1.32. The minimum absolute atomic E-state index is 0.135. The molecule has 20 heavy (non-hydrogen) atoms. The maximum Gasteiger partial charge on any atom is 0.350 e. The van der Waals surface area contributed by atoms with Gasteiger partial charge in [-0.2, -0.15) is 5.26 Å². The summed E-state index contributed by atoms with van der Waals surface area (Å²) in [5.74, 6) is -1.12. The summed E-state index contributed by atoms with van der Waals surface area (Å²) in [4.78, 5) is 22.6. The minimum atomic E-state index is -0.686. The van der Waals surface area contributed by atoms with Gasteiger partial charge in [-0.25, -0.2) is 9.59 Å². The molecule has 0 unspecified atom stereocenters. The molecule has 0 atom stereocenters. The number of ether oxygens (including phenoxy) is 2. The lowest BCUT2D eigenvalue weighted by Crippen LogP contribution is -2.08. The molecule has 0 amide bonds. The average molecular weight is 274 g/mol. The second-order valence-electron chi connectivity index (χ2n) is 3.60.